The predicted molar refractivity (Wildman–Crippen MR) is 87.8 cm³/mol. The Bertz CT molecular complexity index is 733. The lowest BCUT2D eigenvalue weighted by Gasteiger charge is -2.00. The van der Waals surface area contributed by atoms with Gasteiger partial charge in [-0.05, 0) is 29.8 Å². The lowest BCUT2D eigenvalue weighted by Crippen LogP contribution is -1.82. The quantitative estimate of drug-likeness (QED) is 0.661. The lowest BCUT2D eigenvalue weighted by atomic mass is 10.2. The second-order valence-electron chi connectivity index (χ2n) is 4.41. The molecular formula is C17H14N2OS. The summed E-state index contributed by atoms with van der Waals surface area (Å²) in [5, 5.41) is 2.77. The van der Waals surface area contributed by atoms with Gasteiger partial charge in [-0.2, -0.15) is 0 Å². The fourth-order valence-corrected chi connectivity index (χ4v) is 2.56. The Morgan fingerprint density at radius 1 is 1.05 bits per heavy atom. The molecule has 0 saturated heterocycles. The van der Waals surface area contributed by atoms with Crippen LogP contribution in [0.1, 0.15) is 5.56 Å². The fourth-order valence-electron chi connectivity index (χ4n) is 1.89. The third-order valence-electron chi connectivity index (χ3n) is 3.00. The lowest BCUT2D eigenvalue weighted by molar-refractivity contribution is 0.415. The molecule has 0 fully saturated rings. The van der Waals surface area contributed by atoms with E-state index >= 15 is 0 Å². The van der Waals surface area contributed by atoms with Crippen LogP contribution in [-0.2, 0) is 0 Å². The van der Waals surface area contributed by atoms with Gasteiger partial charge in [0.15, 0.2) is 0 Å². The van der Waals surface area contributed by atoms with Crippen molar-refractivity contribution in [2.75, 3.05) is 7.11 Å². The molecule has 0 aliphatic heterocycles. The van der Waals surface area contributed by atoms with E-state index in [2.05, 4.69) is 9.98 Å². The molecule has 1 aromatic heterocycles. The van der Waals surface area contributed by atoms with E-state index in [1.165, 1.54) is 11.3 Å². The number of nitrogens with zero attached hydrogens (tertiary/aromatic N) is 2. The molecule has 3 nitrogen and oxygen atoms in total. The molecule has 0 bridgehead atoms. The van der Waals surface area contributed by atoms with E-state index in [9.17, 15) is 0 Å². The Balaban J connectivity index is 1.78. The summed E-state index contributed by atoms with van der Waals surface area (Å²) in [6.45, 7) is 0. The molecule has 0 radical (unpaired) electrons. The molecule has 0 saturated carbocycles. The fraction of sp³-hybridized carbons (Fsp3) is 0.0588. The van der Waals surface area contributed by atoms with E-state index in [1.54, 1.807) is 7.11 Å². The number of aliphatic imine (C=N–C) groups is 1. The van der Waals surface area contributed by atoms with E-state index in [0.29, 0.717) is 0 Å². The first-order chi connectivity index (χ1) is 10.3. The van der Waals surface area contributed by atoms with E-state index in [-0.39, 0.29) is 0 Å². The molecule has 104 valence electrons. The van der Waals surface area contributed by atoms with Crippen molar-refractivity contribution in [1.29, 1.82) is 0 Å². The van der Waals surface area contributed by atoms with Crippen LogP contribution in [-0.4, -0.2) is 18.3 Å². The Hall–Kier alpha value is -2.46. The largest absolute Gasteiger partial charge is 0.497 e. The molecular weight excluding hydrogens is 280 g/mol. The molecule has 3 aromatic rings. The molecule has 0 N–H and O–H groups in total. The summed E-state index contributed by atoms with van der Waals surface area (Å²) in [6.07, 6.45) is 1.83. The van der Waals surface area contributed by atoms with Gasteiger partial charge in [-0.3, -0.25) is 0 Å². The molecule has 0 aliphatic rings. The van der Waals surface area contributed by atoms with Crippen molar-refractivity contribution in [3.05, 3.63) is 65.5 Å². The molecule has 1 heterocycles. The molecule has 3 rings (SSSR count). The monoisotopic (exact) mass is 294 g/mol. The highest BCUT2D eigenvalue weighted by molar-refractivity contribution is 7.13. The number of hydrogen-bond donors (Lipinski definition) is 0. The molecule has 0 aliphatic carbocycles. The highest BCUT2D eigenvalue weighted by Gasteiger charge is 2.03. The van der Waals surface area contributed by atoms with E-state index in [4.69, 9.17) is 4.74 Å². The second-order valence-corrected chi connectivity index (χ2v) is 5.25. The van der Waals surface area contributed by atoms with Gasteiger partial charge >= 0.3 is 0 Å². The molecule has 0 atom stereocenters. The van der Waals surface area contributed by atoms with Gasteiger partial charge in [0.2, 0.25) is 5.13 Å². The van der Waals surface area contributed by atoms with Crippen LogP contribution in [0.2, 0.25) is 0 Å². The third kappa shape index (κ3) is 3.35. The SMILES string of the molecule is COc1ccc(-c2csc(/N=C/c3ccccc3)n2)cc1. The van der Waals surface area contributed by atoms with Crippen LogP contribution in [0.5, 0.6) is 5.75 Å². The Morgan fingerprint density at radius 2 is 1.81 bits per heavy atom. The number of ether oxygens (including phenoxy) is 1. The molecule has 2 aromatic carbocycles. The van der Waals surface area contributed by atoms with E-state index in [0.717, 1.165) is 27.7 Å². The van der Waals surface area contributed by atoms with Gasteiger partial charge in [-0.15, -0.1) is 11.3 Å². The zero-order valence-electron chi connectivity index (χ0n) is 11.6. The molecule has 21 heavy (non-hydrogen) atoms. The van der Waals surface area contributed by atoms with Gasteiger partial charge in [-0.1, -0.05) is 30.3 Å². The van der Waals surface area contributed by atoms with Gasteiger partial charge in [0, 0.05) is 17.2 Å². The highest BCUT2D eigenvalue weighted by Crippen LogP contribution is 2.27. The molecule has 0 spiro atoms. The first-order valence-corrected chi connectivity index (χ1v) is 7.42. The minimum Gasteiger partial charge on any atom is -0.497 e. The first-order valence-electron chi connectivity index (χ1n) is 6.54. The minimum absolute atomic E-state index is 0.754. The summed E-state index contributed by atoms with van der Waals surface area (Å²) < 4.78 is 5.16. The zero-order valence-corrected chi connectivity index (χ0v) is 12.4. The van der Waals surface area contributed by atoms with Crippen LogP contribution in [0.3, 0.4) is 0 Å². The summed E-state index contributed by atoms with van der Waals surface area (Å²) in [7, 11) is 1.66. The van der Waals surface area contributed by atoms with Crippen molar-refractivity contribution >= 4 is 22.7 Å². The number of thiazole rings is 1. The van der Waals surface area contributed by atoms with Crippen LogP contribution in [0.4, 0.5) is 5.13 Å². The van der Waals surface area contributed by atoms with Crippen LogP contribution in [0.15, 0.2) is 65.0 Å². The summed E-state index contributed by atoms with van der Waals surface area (Å²) in [5.41, 5.74) is 3.06. The third-order valence-corrected chi connectivity index (χ3v) is 3.75. The maximum absolute atomic E-state index is 5.16. The van der Waals surface area contributed by atoms with Crippen LogP contribution >= 0.6 is 11.3 Å². The summed E-state index contributed by atoms with van der Waals surface area (Å²) in [5.74, 6) is 0.844. The molecule has 0 unspecified atom stereocenters. The molecule has 4 heteroatoms. The maximum Gasteiger partial charge on any atom is 0.209 e. The number of benzene rings is 2. The average molecular weight is 294 g/mol. The van der Waals surface area contributed by atoms with Gasteiger partial charge in [-0.25, -0.2) is 9.98 Å². The van der Waals surface area contributed by atoms with Crippen LogP contribution in [0, 0.1) is 0 Å². The van der Waals surface area contributed by atoms with Gasteiger partial charge in [0.05, 0.1) is 12.8 Å². The van der Waals surface area contributed by atoms with Gasteiger partial charge in [0.25, 0.3) is 0 Å². The average Bonchev–Trinajstić information content (AvgIpc) is 3.03. The standard InChI is InChI=1S/C17H14N2OS/c1-20-15-9-7-14(8-10-15)16-12-21-17(19-16)18-11-13-5-3-2-4-6-13/h2-12H,1H3/b18-11+. The first kappa shape index (κ1) is 13.5. The number of aromatic nitrogens is 1. The number of hydrogen-bond acceptors (Lipinski definition) is 4. The topological polar surface area (TPSA) is 34.5 Å². The van der Waals surface area contributed by atoms with Crippen molar-refractivity contribution in [1.82, 2.24) is 4.98 Å². The van der Waals surface area contributed by atoms with Crippen molar-refractivity contribution in [2.45, 2.75) is 0 Å². The summed E-state index contributed by atoms with van der Waals surface area (Å²) >= 11 is 1.53. The minimum atomic E-state index is 0.754. The predicted octanol–water partition coefficient (Wildman–Crippen LogP) is 4.57. The number of methoxy groups -OCH3 is 1. The smallest absolute Gasteiger partial charge is 0.209 e. The van der Waals surface area contributed by atoms with Crippen molar-refractivity contribution in [3.8, 4) is 17.0 Å². The summed E-state index contributed by atoms with van der Waals surface area (Å²) in [4.78, 5) is 8.94. The maximum atomic E-state index is 5.16. The van der Waals surface area contributed by atoms with Crippen molar-refractivity contribution in [2.24, 2.45) is 4.99 Å². The van der Waals surface area contributed by atoms with E-state index in [1.807, 2.05) is 66.2 Å². The second kappa shape index (κ2) is 6.33. The van der Waals surface area contributed by atoms with Crippen molar-refractivity contribution < 1.29 is 4.74 Å². The normalized spacial score (nSPS) is 10.9. The Kier molecular flexibility index (Phi) is 4.07. The van der Waals surface area contributed by atoms with Crippen LogP contribution < -0.4 is 4.74 Å². The Labute approximate surface area is 127 Å². The van der Waals surface area contributed by atoms with Crippen molar-refractivity contribution in [3.63, 3.8) is 0 Å². The Morgan fingerprint density at radius 3 is 2.52 bits per heavy atom. The zero-order chi connectivity index (χ0) is 14.5. The molecule has 0 amide bonds. The van der Waals surface area contributed by atoms with E-state index < -0.39 is 0 Å². The number of rotatable bonds is 4. The van der Waals surface area contributed by atoms with Gasteiger partial charge in [0.1, 0.15) is 5.75 Å². The van der Waals surface area contributed by atoms with Gasteiger partial charge < -0.3 is 4.74 Å². The highest BCUT2D eigenvalue weighted by atomic mass is 32.1. The summed E-state index contributed by atoms with van der Waals surface area (Å²) in [6, 6.07) is 17.9. The van der Waals surface area contributed by atoms with Crippen LogP contribution in [0.25, 0.3) is 11.3 Å².